The smallest absolute Gasteiger partial charge is 0.293 e. The summed E-state index contributed by atoms with van der Waals surface area (Å²) in [4.78, 5) is 44.9. The number of aromatic amines is 1. The molecule has 0 radical (unpaired) electrons. The predicted octanol–water partition coefficient (Wildman–Crippen LogP) is 2.73. The van der Waals surface area contributed by atoms with Crippen molar-refractivity contribution in [3.05, 3.63) is 69.1 Å². The third kappa shape index (κ3) is 4.27. The summed E-state index contributed by atoms with van der Waals surface area (Å²) in [6, 6.07) is 7.38. The Labute approximate surface area is 210 Å². The summed E-state index contributed by atoms with van der Waals surface area (Å²) in [5.41, 5.74) is 1.36. The van der Waals surface area contributed by atoms with E-state index in [1.807, 2.05) is 6.92 Å². The van der Waals surface area contributed by atoms with E-state index in [2.05, 4.69) is 25.6 Å². The quantitative estimate of drug-likeness (QED) is 0.377. The van der Waals surface area contributed by atoms with Crippen LogP contribution in [0, 0.1) is 12.7 Å². The summed E-state index contributed by atoms with van der Waals surface area (Å²) in [5, 5.41) is 6.85. The Balaban J connectivity index is 1.50. The lowest BCUT2D eigenvalue weighted by Gasteiger charge is -2.26. The number of nitrogens with one attached hydrogen (secondary N) is 3. The van der Waals surface area contributed by atoms with Gasteiger partial charge in [0.2, 0.25) is 5.95 Å². The predicted molar refractivity (Wildman–Crippen MR) is 134 cm³/mol. The molecule has 0 saturated carbocycles. The first-order valence-corrected chi connectivity index (χ1v) is 11.6. The van der Waals surface area contributed by atoms with Gasteiger partial charge in [0, 0.05) is 49.0 Å². The van der Waals surface area contributed by atoms with Crippen molar-refractivity contribution in [2.45, 2.75) is 6.92 Å². The molecule has 0 atom stereocenters. The normalized spacial score (nSPS) is 13.7. The first-order chi connectivity index (χ1) is 17.4. The number of hydrogen-bond acceptors (Lipinski definition) is 7. The number of aromatic nitrogens is 4. The number of amides is 1. The highest BCUT2D eigenvalue weighted by Crippen LogP contribution is 2.30. The lowest BCUT2D eigenvalue weighted by molar-refractivity contribution is 0.0730. The van der Waals surface area contributed by atoms with Gasteiger partial charge in [0.05, 0.1) is 16.3 Å². The lowest BCUT2D eigenvalue weighted by Crippen LogP contribution is -2.46. The van der Waals surface area contributed by atoms with Crippen molar-refractivity contribution in [3.63, 3.8) is 0 Å². The molecular weight excluding hydrogens is 489 g/mol. The SMILES string of the molecule is COn1c(=O)c(-c2c(F)cccc2Cl)cc2cnc(Nc3cc(C(=O)N4CCNCC4)[nH]c3C)nc21. The maximum absolute atomic E-state index is 14.5. The summed E-state index contributed by atoms with van der Waals surface area (Å²) in [6.07, 6.45) is 1.49. The first kappa shape index (κ1) is 23.8. The minimum atomic E-state index is -0.630. The molecule has 10 nitrogen and oxygen atoms in total. The van der Waals surface area contributed by atoms with Crippen LogP contribution in [-0.2, 0) is 0 Å². The number of halogens is 2. The number of H-pyrrole nitrogens is 1. The van der Waals surface area contributed by atoms with Crippen molar-refractivity contribution in [2.24, 2.45) is 0 Å². The van der Waals surface area contributed by atoms with Crippen LogP contribution in [-0.4, -0.2) is 63.8 Å². The molecule has 1 aliphatic heterocycles. The Morgan fingerprint density at radius 3 is 2.75 bits per heavy atom. The van der Waals surface area contributed by atoms with Crippen LogP contribution < -0.4 is 21.0 Å². The maximum Gasteiger partial charge on any atom is 0.293 e. The molecule has 0 bridgehead atoms. The molecule has 1 amide bonds. The van der Waals surface area contributed by atoms with Crippen LogP contribution in [0.5, 0.6) is 0 Å². The van der Waals surface area contributed by atoms with Crippen molar-refractivity contribution in [1.29, 1.82) is 0 Å². The molecular formula is C24H23ClFN7O3. The molecule has 5 rings (SSSR count). The molecule has 1 saturated heterocycles. The minimum absolute atomic E-state index is 0.0225. The minimum Gasteiger partial charge on any atom is -0.412 e. The Morgan fingerprint density at radius 2 is 2.03 bits per heavy atom. The summed E-state index contributed by atoms with van der Waals surface area (Å²) >= 11 is 6.18. The second-order valence-corrected chi connectivity index (χ2v) is 8.71. The van der Waals surface area contributed by atoms with E-state index >= 15 is 0 Å². The molecule has 36 heavy (non-hydrogen) atoms. The Morgan fingerprint density at radius 1 is 1.25 bits per heavy atom. The van der Waals surface area contributed by atoms with Gasteiger partial charge in [-0.1, -0.05) is 17.7 Å². The average Bonchev–Trinajstić information content (AvgIpc) is 3.24. The number of piperazine rings is 1. The van der Waals surface area contributed by atoms with E-state index < -0.39 is 11.4 Å². The highest BCUT2D eigenvalue weighted by Gasteiger charge is 2.22. The number of anilines is 2. The second-order valence-electron chi connectivity index (χ2n) is 8.30. The van der Waals surface area contributed by atoms with Crippen molar-refractivity contribution in [3.8, 4) is 11.1 Å². The van der Waals surface area contributed by atoms with Crippen molar-refractivity contribution < 1.29 is 14.0 Å². The molecule has 1 fully saturated rings. The number of hydrogen-bond donors (Lipinski definition) is 3. The summed E-state index contributed by atoms with van der Waals surface area (Å²) in [7, 11) is 1.31. The topological polar surface area (TPSA) is 117 Å². The number of benzene rings is 1. The lowest BCUT2D eigenvalue weighted by atomic mass is 10.1. The van der Waals surface area contributed by atoms with Gasteiger partial charge in [0.1, 0.15) is 18.6 Å². The number of pyridine rings is 1. The molecule has 186 valence electrons. The monoisotopic (exact) mass is 511 g/mol. The van der Waals surface area contributed by atoms with E-state index in [0.29, 0.717) is 29.9 Å². The van der Waals surface area contributed by atoms with Crippen molar-refractivity contribution in [1.82, 2.24) is 29.9 Å². The fraction of sp³-hybridized carbons (Fsp3) is 0.250. The fourth-order valence-electron chi connectivity index (χ4n) is 4.20. The number of nitrogens with zero attached hydrogens (tertiary/aromatic N) is 4. The van der Waals surface area contributed by atoms with Crippen LogP contribution in [0.1, 0.15) is 16.2 Å². The van der Waals surface area contributed by atoms with E-state index in [-0.39, 0.29) is 33.7 Å². The Hall–Kier alpha value is -3.96. The third-order valence-electron chi connectivity index (χ3n) is 6.01. The molecule has 0 spiro atoms. The molecule has 1 aromatic carbocycles. The standard InChI is InChI=1S/C24H23ClFN7O3/c1-13-18(11-19(29-13)23(35)32-8-6-27-7-9-32)30-24-28-12-14-10-15(20-16(25)4-3-5-17(20)26)22(34)33(36-2)21(14)31-24/h3-5,10-12,27,29H,6-9H2,1-2H3,(H,28,30,31). The molecule has 1 aliphatic rings. The highest BCUT2D eigenvalue weighted by atomic mass is 35.5. The Bertz CT molecular complexity index is 1510. The van der Waals surface area contributed by atoms with Gasteiger partial charge in [-0.25, -0.2) is 9.37 Å². The van der Waals surface area contributed by atoms with Gasteiger partial charge < -0.3 is 25.4 Å². The van der Waals surface area contributed by atoms with Crippen LogP contribution in [0.25, 0.3) is 22.2 Å². The van der Waals surface area contributed by atoms with Gasteiger partial charge in [-0.15, -0.1) is 4.73 Å². The molecule has 0 aliphatic carbocycles. The summed E-state index contributed by atoms with van der Waals surface area (Å²) in [6.45, 7) is 4.62. The number of rotatable bonds is 5. The zero-order valence-corrected chi connectivity index (χ0v) is 20.3. The van der Waals surface area contributed by atoms with Crippen LogP contribution in [0.3, 0.4) is 0 Å². The molecule has 4 aromatic rings. The van der Waals surface area contributed by atoms with Gasteiger partial charge in [-0.2, -0.15) is 4.98 Å². The van der Waals surface area contributed by atoms with Crippen LogP contribution in [0.15, 0.2) is 41.3 Å². The molecule has 3 N–H and O–H groups in total. The summed E-state index contributed by atoms with van der Waals surface area (Å²) < 4.78 is 15.5. The number of carbonyl (C=O) groups is 1. The van der Waals surface area contributed by atoms with Gasteiger partial charge in [-0.3, -0.25) is 9.59 Å². The second kappa shape index (κ2) is 9.59. The molecule has 0 unspecified atom stereocenters. The molecule has 4 heterocycles. The van der Waals surface area contributed by atoms with E-state index in [1.165, 1.54) is 37.6 Å². The van der Waals surface area contributed by atoms with Gasteiger partial charge in [0.25, 0.3) is 11.5 Å². The molecule has 3 aromatic heterocycles. The van der Waals surface area contributed by atoms with Gasteiger partial charge >= 0.3 is 0 Å². The van der Waals surface area contributed by atoms with E-state index in [4.69, 9.17) is 16.4 Å². The number of fused-ring (bicyclic) bond motifs is 1. The van der Waals surface area contributed by atoms with Crippen LogP contribution in [0.2, 0.25) is 5.02 Å². The average molecular weight is 512 g/mol. The number of carbonyl (C=O) groups excluding carboxylic acids is 1. The van der Waals surface area contributed by atoms with Crippen molar-refractivity contribution in [2.75, 3.05) is 38.6 Å². The maximum atomic E-state index is 14.5. The van der Waals surface area contributed by atoms with E-state index in [1.54, 1.807) is 11.0 Å². The fourth-order valence-corrected chi connectivity index (χ4v) is 4.46. The first-order valence-electron chi connectivity index (χ1n) is 11.3. The zero-order chi connectivity index (χ0) is 25.4. The van der Waals surface area contributed by atoms with E-state index in [0.717, 1.165) is 23.5 Å². The zero-order valence-electron chi connectivity index (χ0n) is 19.6. The Kier molecular flexibility index (Phi) is 6.33. The molecule has 12 heteroatoms. The largest absolute Gasteiger partial charge is 0.412 e. The number of aryl methyl sites for hydroxylation is 1. The van der Waals surface area contributed by atoms with Crippen LogP contribution >= 0.6 is 11.6 Å². The van der Waals surface area contributed by atoms with Crippen molar-refractivity contribution >= 4 is 40.2 Å². The van der Waals surface area contributed by atoms with Crippen LogP contribution in [0.4, 0.5) is 16.0 Å². The van der Waals surface area contributed by atoms with Gasteiger partial charge in [0.15, 0.2) is 5.65 Å². The third-order valence-corrected chi connectivity index (χ3v) is 6.33. The van der Waals surface area contributed by atoms with Gasteiger partial charge in [-0.05, 0) is 31.2 Å². The highest BCUT2D eigenvalue weighted by molar-refractivity contribution is 6.33. The van der Waals surface area contributed by atoms with E-state index in [9.17, 15) is 14.0 Å². The summed E-state index contributed by atoms with van der Waals surface area (Å²) in [5.74, 6) is -0.526.